The maximum absolute atomic E-state index is 12.3. The minimum Gasteiger partial charge on any atom is -0.493 e. The summed E-state index contributed by atoms with van der Waals surface area (Å²) in [6.45, 7) is -0.826. The van der Waals surface area contributed by atoms with Crippen molar-refractivity contribution in [2.75, 3.05) is 12.4 Å². The van der Waals surface area contributed by atoms with E-state index in [2.05, 4.69) is 20.7 Å². The van der Waals surface area contributed by atoms with Crippen LogP contribution in [0.15, 0.2) is 23.8 Å². The molecule has 0 radical (unpaired) electrons. The van der Waals surface area contributed by atoms with Gasteiger partial charge in [0.2, 0.25) is 0 Å². The van der Waals surface area contributed by atoms with E-state index in [1.165, 1.54) is 12.7 Å². The molecule has 100 valence electrons. The zero-order valence-electron chi connectivity index (χ0n) is 10.3. The fourth-order valence-electron chi connectivity index (χ4n) is 1.44. The van der Waals surface area contributed by atoms with Crippen LogP contribution in [0.1, 0.15) is 18.9 Å². The van der Waals surface area contributed by atoms with E-state index < -0.39 is 6.61 Å². The molecule has 1 aromatic rings. The molecule has 0 aliphatic rings. The van der Waals surface area contributed by atoms with Gasteiger partial charge in [0.25, 0.3) is 0 Å². The molecule has 1 aromatic carbocycles. The molecule has 0 saturated heterocycles. The van der Waals surface area contributed by atoms with Crippen LogP contribution in [0.25, 0.3) is 6.08 Å². The summed E-state index contributed by atoms with van der Waals surface area (Å²) >= 11 is 3.38. The summed E-state index contributed by atoms with van der Waals surface area (Å²) in [5, 5.41) is 0.751. The summed E-state index contributed by atoms with van der Waals surface area (Å²) in [5.41, 5.74) is 1.98. The van der Waals surface area contributed by atoms with Crippen LogP contribution >= 0.6 is 15.9 Å². The molecule has 0 atom stereocenters. The van der Waals surface area contributed by atoms with Gasteiger partial charge < -0.3 is 9.47 Å². The van der Waals surface area contributed by atoms with Crippen LogP contribution in [-0.4, -0.2) is 19.1 Å². The first-order valence-electron chi connectivity index (χ1n) is 5.49. The molecule has 1 rings (SSSR count). The molecule has 18 heavy (non-hydrogen) atoms. The van der Waals surface area contributed by atoms with Crippen molar-refractivity contribution in [1.29, 1.82) is 0 Å². The first kappa shape index (κ1) is 15.0. The Kier molecular flexibility index (Phi) is 6.12. The van der Waals surface area contributed by atoms with E-state index in [-0.39, 0.29) is 5.75 Å². The Morgan fingerprint density at radius 1 is 1.39 bits per heavy atom. The van der Waals surface area contributed by atoms with E-state index in [0.29, 0.717) is 5.75 Å². The van der Waals surface area contributed by atoms with Gasteiger partial charge in [0.1, 0.15) is 0 Å². The van der Waals surface area contributed by atoms with Gasteiger partial charge in [-0.25, -0.2) is 0 Å². The lowest BCUT2D eigenvalue weighted by Gasteiger charge is -2.10. The van der Waals surface area contributed by atoms with Gasteiger partial charge in [-0.05, 0) is 24.1 Å². The number of benzene rings is 1. The SMILES string of the molecule is CCC(=Cc1ccc(OC)c(OC(F)F)c1)CBr. The van der Waals surface area contributed by atoms with Crippen molar-refractivity contribution >= 4 is 22.0 Å². The Bertz CT molecular complexity index is 413. The lowest BCUT2D eigenvalue weighted by Crippen LogP contribution is -2.03. The number of hydrogen-bond acceptors (Lipinski definition) is 2. The molecule has 0 aliphatic heterocycles. The summed E-state index contributed by atoms with van der Waals surface area (Å²) in [6.07, 6.45) is 2.83. The second-order valence-electron chi connectivity index (χ2n) is 3.58. The number of hydrogen-bond donors (Lipinski definition) is 0. The summed E-state index contributed by atoms with van der Waals surface area (Å²) in [4.78, 5) is 0. The van der Waals surface area contributed by atoms with Gasteiger partial charge in [0.05, 0.1) is 7.11 Å². The molecule has 0 fully saturated rings. The minimum atomic E-state index is -2.86. The number of rotatable bonds is 6. The molecule has 0 spiro atoms. The van der Waals surface area contributed by atoms with Gasteiger partial charge in [-0.3, -0.25) is 0 Å². The fraction of sp³-hybridized carbons (Fsp3) is 0.385. The van der Waals surface area contributed by atoms with Gasteiger partial charge in [-0.2, -0.15) is 8.78 Å². The van der Waals surface area contributed by atoms with E-state index in [0.717, 1.165) is 17.3 Å². The largest absolute Gasteiger partial charge is 0.493 e. The van der Waals surface area contributed by atoms with E-state index in [4.69, 9.17) is 4.74 Å². The van der Waals surface area contributed by atoms with E-state index >= 15 is 0 Å². The second-order valence-corrected chi connectivity index (χ2v) is 4.14. The molecule has 0 heterocycles. The average molecular weight is 321 g/mol. The maximum Gasteiger partial charge on any atom is 0.387 e. The molecular weight excluding hydrogens is 306 g/mol. The molecule has 0 bridgehead atoms. The highest BCUT2D eigenvalue weighted by Gasteiger charge is 2.10. The summed E-state index contributed by atoms with van der Waals surface area (Å²) in [7, 11) is 1.42. The van der Waals surface area contributed by atoms with Crippen LogP contribution in [0.5, 0.6) is 11.5 Å². The van der Waals surface area contributed by atoms with Gasteiger partial charge in [-0.1, -0.05) is 40.6 Å². The van der Waals surface area contributed by atoms with E-state index in [1.54, 1.807) is 18.2 Å². The van der Waals surface area contributed by atoms with E-state index in [1.807, 2.05) is 13.0 Å². The molecular formula is C13H15BrF2O2. The topological polar surface area (TPSA) is 18.5 Å². The molecule has 0 aliphatic carbocycles. The lowest BCUT2D eigenvalue weighted by molar-refractivity contribution is -0.0512. The smallest absolute Gasteiger partial charge is 0.387 e. The quantitative estimate of drug-likeness (QED) is 0.719. The fourth-order valence-corrected chi connectivity index (χ4v) is 2.00. The van der Waals surface area contributed by atoms with Crippen molar-refractivity contribution in [2.24, 2.45) is 0 Å². The molecule has 0 unspecified atom stereocenters. The normalized spacial score (nSPS) is 11.8. The summed E-state index contributed by atoms with van der Waals surface area (Å²) in [5.74, 6) is 0.343. The first-order chi connectivity index (χ1) is 8.60. The Morgan fingerprint density at radius 2 is 2.11 bits per heavy atom. The van der Waals surface area contributed by atoms with Crippen LogP contribution in [0.2, 0.25) is 0 Å². The molecule has 2 nitrogen and oxygen atoms in total. The third-order valence-corrected chi connectivity index (χ3v) is 3.12. The van der Waals surface area contributed by atoms with Gasteiger partial charge in [0, 0.05) is 5.33 Å². The van der Waals surface area contributed by atoms with Gasteiger partial charge >= 0.3 is 6.61 Å². The molecule has 0 amide bonds. The second kappa shape index (κ2) is 7.36. The minimum absolute atomic E-state index is 0.0475. The summed E-state index contributed by atoms with van der Waals surface area (Å²) in [6, 6.07) is 4.96. The predicted octanol–water partition coefficient (Wildman–Crippen LogP) is 4.48. The van der Waals surface area contributed by atoms with Crippen molar-refractivity contribution in [1.82, 2.24) is 0 Å². The molecule has 0 saturated carbocycles. The standard InChI is InChI=1S/C13H15BrF2O2/c1-3-9(8-14)6-10-4-5-11(17-2)12(7-10)18-13(15)16/h4-7,13H,3,8H2,1-2H3. The van der Waals surface area contributed by atoms with Crippen molar-refractivity contribution < 1.29 is 18.3 Å². The van der Waals surface area contributed by atoms with Crippen LogP contribution in [0.4, 0.5) is 8.78 Å². The first-order valence-corrected chi connectivity index (χ1v) is 6.61. The Hall–Kier alpha value is -1.10. The van der Waals surface area contributed by atoms with Crippen molar-refractivity contribution in [3.63, 3.8) is 0 Å². The monoisotopic (exact) mass is 320 g/mol. The number of alkyl halides is 3. The van der Waals surface area contributed by atoms with Crippen LogP contribution in [-0.2, 0) is 0 Å². The molecule has 5 heteroatoms. The predicted molar refractivity (Wildman–Crippen MR) is 71.7 cm³/mol. The Morgan fingerprint density at radius 3 is 2.61 bits per heavy atom. The Balaban J connectivity index is 3.05. The van der Waals surface area contributed by atoms with Gasteiger partial charge in [-0.15, -0.1) is 0 Å². The zero-order chi connectivity index (χ0) is 13.5. The summed E-state index contributed by atoms with van der Waals surface area (Å²) < 4.78 is 33.9. The van der Waals surface area contributed by atoms with Gasteiger partial charge in [0.15, 0.2) is 11.5 Å². The highest BCUT2D eigenvalue weighted by molar-refractivity contribution is 9.09. The Labute approximate surface area is 114 Å². The maximum atomic E-state index is 12.3. The van der Waals surface area contributed by atoms with E-state index in [9.17, 15) is 8.78 Å². The molecule has 0 aromatic heterocycles. The number of methoxy groups -OCH3 is 1. The van der Waals surface area contributed by atoms with Crippen molar-refractivity contribution in [3.05, 3.63) is 29.3 Å². The third kappa shape index (κ3) is 4.29. The zero-order valence-corrected chi connectivity index (χ0v) is 11.8. The van der Waals surface area contributed by atoms with Crippen LogP contribution < -0.4 is 9.47 Å². The number of halogens is 3. The van der Waals surface area contributed by atoms with Crippen molar-refractivity contribution in [2.45, 2.75) is 20.0 Å². The van der Waals surface area contributed by atoms with Crippen LogP contribution in [0, 0.1) is 0 Å². The number of allylic oxidation sites excluding steroid dienone is 1. The molecule has 0 N–H and O–H groups in total. The van der Waals surface area contributed by atoms with Crippen LogP contribution in [0.3, 0.4) is 0 Å². The average Bonchev–Trinajstić information content (AvgIpc) is 2.35. The lowest BCUT2D eigenvalue weighted by atomic mass is 10.1. The highest BCUT2D eigenvalue weighted by atomic mass is 79.9. The third-order valence-electron chi connectivity index (χ3n) is 2.40. The highest BCUT2D eigenvalue weighted by Crippen LogP contribution is 2.30. The number of ether oxygens (including phenoxy) is 2. The van der Waals surface area contributed by atoms with Crippen molar-refractivity contribution in [3.8, 4) is 11.5 Å².